The van der Waals surface area contributed by atoms with Crippen LogP contribution in [0.2, 0.25) is 0 Å². The number of benzene rings is 1. The van der Waals surface area contributed by atoms with Gasteiger partial charge in [0, 0.05) is 0 Å². The Morgan fingerprint density at radius 1 is 0.382 bits per heavy atom. The van der Waals surface area contributed by atoms with E-state index in [-0.39, 0.29) is 0 Å². The molecular formula is C34H62. The highest BCUT2D eigenvalue weighted by Gasteiger charge is 2.30. The van der Waals surface area contributed by atoms with Gasteiger partial charge in [-0.2, -0.15) is 0 Å². The van der Waals surface area contributed by atoms with Gasteiger partial charge in [-0.3, -0.25) is 0 Å². The first-order valence-electron chi connectivity index (χ1n) is 15.8. The largest absolute Gasteiger partial charge is 0.0654 e. The molecule has 0 nitrogen and oxygen atoms in total. The van der Waals surface area contributed by atoms with Crippen LogP contribution >= 0.6 is 0 Å². The van der Waals surface area contributed by atoms with E-state index >= 15 is 0 Å². The molecule has 0 aliphatic carbocycles. The van der Waals surface area contributed by atoms with Crippen molar-refractivity contribution in [3.8, 4) is 0 Å². The predicted molar refractivity (Wildman–Crippen MR) is 156 cm³/mol. The minimum atomic E-state index is 0.428. The summed E-state index contributed by atoms with van der Waals surface area (Å²) >= 11 is 0. The average Bonchev–Trinajstić information content (AvgIpc) is 2.87. The maximum Gasteiger partial charge on any atom is -0.00470 e. The van der Waals surface area contributed by atoms with Crippen LogP contribution in [0.15, 0.2) is 30.3 Å². The van der Waals surface area contributed by atoms with Crippen molar-refractivity contribution in [1.82, 2.24) is 0 Å². The van der Waals surface area contributed by atoms with Gasteiger partial charge in [0.05, 0.1) is 0 Å². The fourth-order valence-electron chi connectivity index (χ4n) is 5.86. The lowest BCUT2D eigenvalue weighted by molar-refractivity contribution is 0.299. The molecule has 0 atom stereocenters. The molecule has 34 heavy (non-hydrogen) atoms. The zero-order valence-electron chi connectivity index (χ0n) is 23.9. The van der Waals surface area contributed by atoms with E-state index in [9.17, 15) is 0 Å². The van der Waals surface area contributed by atoms with Crippen LogP contribution < -0.4 is 0 Å². The van der Waals surface area contributed by atoms with Crippen LogP contribution in [0.25, 0.3) is 0 Å². The quantitative estimate of drug-likeness (QED) is 0.125. The maximum absolute atomic E-state index is 2.46. The smallest absolute Gasteiger partial charge is 0.00470 e. The Hall–Kier alpha value is -0.780. The Kier molecular flexibility index (Phi) is 20.8. The minimum Gasteiger partial charge on any atom is -0.0654 e. The van der Waals surface area contributed by atoms with Gasteiger partial charge in [-0.1, -0.05) is 186 Å². The van der Waals surface area contributed by atoms with Crippen LogP contribution in [0.5, 0.6) is 0 Å². The third-order valence-corrected chi connectivity index (χ3v) is 8.16. The summed E-state index contributed by atoms with van der Waals surface area (Å²) in [6.45, 7) is 6.96. The summed E-state index contributed by atoms with van der Waals surface area (Å²) in [4.78, 5) is 0. The number of hydrogen-bond donors (Lipinski definition) is 0. The molecule has 198 valence electrons. The summed E-state index contributed by atoms with van der Waals surface area (Å²) in [7, 11) is 0. The fourth-order valence-corrected chi connectivity index (χ4v) is 5.86. The van der Waals surface area contributed by atoms with Crippen molar-refractivity contribution >= 4 is 0 Å². The lowest BCUT2D eigenvalue weighted by Gasteiger charge is -2.35. The van der Waals surface area contributed by atoms with E-state index in [1.807, 2.05) is 0 Å². The van der Waals surface area contributed by atoms with Gasteiger partial charge in [-0.05, 0) is 30.2 Å². The third kappa shape index (κ3) is 15.3. The first-order valence-corrected chi connectivity index (χ1v) is 15.8. The average molecular weight is 471 g/mol. The molecule has 1 rings (SSSR count). The molecule has 0 fully saturated rings. The predicted octanol–water partition coefficient (Wildman–Crippen LogP) is 12.3. The molecule has 0 radical (unpaired) electrons. The van der Waals surface area contributed by atoms with Crippen molar-refractivity contribution in [3.05, 3.63) is 35.9 Å². The highest BCUT2D eigenvalue weighted by atomic mass is 14.3. The maximum atomic E-state index is 2.46. The molecule has 0 aliphatic heterocycles. The number of unbranched alkanes of at least 4 members (excludes halogenated alkanes) is 18. The van der Waals surface area contributed by atoms with Gasteiger partial charge in [-0.25, -0.2) is 0 Å². The van der Waals surface area contributed by atoms with Crippen LogP contribution in [0, 0.1) is 0 Å². The summed E-state index contributed by atoms with van der Waals surface area (Å²) in [6.07, 6.45) is 34.1. The molecule has 1 aromatic carbocycles. The molecule has 0 aliphatic rings. The monoisotopic (exact) mass is 470 g/mol. The van der Waals surface area contributed by atoms with Gasteiger partial charge >= 0.3 is 0 Å². The van der Waals surface area contributed by atoms with Gasteiger partial charge in [-0.15, -0.1) is 0 Å². The van der Waals surface area contributed by atoms with Crippen LogP contribution in [-0.4, -0.2) is 0 Å². The molecule has 0 aromatic heterocycles. The van der Waals surface area contributed by atoms with E-state index in [2.05, 4.69) is 51.1 Å². The van der Waals surface area contributed by atoms with Crippen molar-refractivity contribution in [2.45, 2.75) is 180 Å². The normalized spacial score (nSPS) is 11.9. The highest BCUT2D eigenvalue weighted by Crippen LogP contribution is 2.40. The zero-order chi connectivity index (χ0) is 24.6. The van der Waals surface area contributed by atoms with Crippen LogP contribution in [-0.2, 0) is 5.41 Å². The Morgan fingerprint density at radius 3 is 1.00 bits per heavy atom. The van der Waals surface area contributed by atoms with Gasteiger partial charge in [0.2, 0.25) is 0 Å². The molecule has 0 unspecified atom stereocenters. The standard InChI is InChI=1S/C34H62/c1-4-7-10-13-16-19-25-30-34(33-28-23-22-24-29-33,31-26-20-17-14-11-8-5-2)32-27-21-18-15-12-9-6-3/h22-24,28-29H,4-21,25-27,30-32H2,1-3H3. The molecule has 1 aromatic rings. The molecule has 0 heterocycles. The lowest BCUT2D eigenvalue weighted by Crippen LogP contribution is -2.26. The summed E-state index contributed by atoms with van der Waals surface area (Å²) < 4.78 is 0. The van der Waals surface area contributed by atoms with Crippen LogP contribution in [0.4, 0.5) is 0 Å². The third-order valence-electron chi connectivity index (χ3n) is 8.16. The van der Waals surface area contributed by atoms with E-state index in [0.29, 0.717) is 5.41 Å². The zero-order valence-corrected chi connectivity index (χ0v) is 23.9. The summed E-state index contributed by atoms with van der Waals surface area (Å²) in [5.74, 6) is 0. The van der Waals surface area contributed by atoms with E-state index in [4.69, 9.17) is 0 Å². The fraction of sp³-hybridized carbons (Fsp3) is 0.824. The van der Waals surface area contributed by atoms with Crippen molar-refractivity contribution < 1.29 is 0 Å². The SMILES string of the molecule is CCCCCCCCCC(CCCCCCCCC)(CCCCCCCCC)c1ccccc1. The second-order valence-electron chi connectivity index (χ2n) is 11.3. The topological polar surface area (TPSA) is 0 Å². The number of hydrogen-bond acceptors (Lipinski definition) is 0. The van der Waals surface area contributed by atoms with E-state index in [0.717, 1.165) is 0 Å². The van der Waals surface area contributed by atoms with Crippen LogP contribution in [0.3, 0.4) is 0 Å². The van der Waals surface area contributed by atoms with E-state index in [1.54, 1.807) is 5.56 Å². The Bertz CT molecular complexity index is 471. The van der Waals surface area contributed by atoms with Gasteiger partial charge < -0.3 is 0 Å². The molecule has 0 bridgehead atoms. The van der Waals surface area contributed by atoms with Crippen molar-refractivity contribution in [2.75, 3.05) is 0 Å². The summed E-state index contributed by atoms with van der Waals surface area (Å²) in [5.41, 5.74) is 2.08. The second-order valence-corrected chi connectivity index (χ2v) is 11.3. The first kappa shape index (κ1) is 31.3. The first-order chi connectivity index (χ1) is 16.8. The molecule has 0 saturated carbocycles. The molecule has 0 heteroatoms. The van der Waals surface area contributed by atoms with Gasteiger partial charge in [0.15, 0.2) is 0 Å². The number of rotatable bonds is 25. The van der Waals surface area contributed by atoms with Crippen molar-refractivity contribution in [3.63, 3.8) is 0 Å². The molecule has 0 saturated heterocycles. The minimum absolute atomic E-state index is 0.428. The van der Waals surface area contributed by atoms with Crippen molar-refractivity contribution in [2.24, 2.45) is 0 Å². The van der Waals surface area contributed by atoms with Crippen LogP contribution in [0.1, 0.15) is 180 Å². The summed E-state index contributed by atoms with van der Waals surface area (Å²) in [6, 6.07) is 11.7. The molecule has 0 N–H and O–H groups in total. The Balaban J connectivity index is 2.66. The molecule has 0 amide bonds. The van der Waals surface area contributed by atoms with E-state index in [1.165, 1.54) is 154 Å². The highest BCUT2D eigenvalue weighted by molar-refractivity contribution is 5.25. The van der Waals surface area contributed by atoms with Gasteiger partial charge in [0.25, 0.3) is 0 Å². The van der Waals surface area contributed by atoms with Crippen molar-refractivity contribution in [1.29, 1.82) is 0 Å². The van der Waals surface area contributed by atoms with Gasteiger partial charge in [0.1, 0.15) is 0 Å². The Labute approximate surface area is 216 Å². The molecule has 0 spiro atoms. The summed E-state index contributed by atoms with van der Waals surface area (Å²) in [5, 5.41) is 0. The molecular weight excluding hydrogens is 408 g/mol. The lowest BCUT2D eigenvalue weighted by atomic mass is 9.69. The second kappa shape index (κ2) is 22.7. The Morgan fingerprint density at radius 2 is 0.676 bits per heavy atom. The van der Waals surface area contributed by atoms with E-state index < -0.39 is 0 Å².